The van der Waals surface area contributed by atoms with Crippen LogP contribution in [0.15, 0.2) is 18.3 Å². The number of hydrogen-bond donors (Lipinski definition) is 1. The number of amides is 2. The summed E-state index contributed by atoms with van der Waals surface area (Å²) in [6.45, 7) is 6.27. The Morgan fingerprint density at radius 2 is 2.04 bits per heavy atom. The molecule has 2 amide bonds. The molecule has 2 rings (SSSR count). The van der Waals surface area contributed by atoms with Crippen LogP contribution in [0.4, 0.5) is 0 Å². The quantitative estimate of drug-likeness (QED) is 0.809. The van der Waals surface area contributed by atoms with Crippen LogP contribution in [0.2, 0.25) is 0 Å². The fourth-order valence-corrected chi connectivity index (χ4v) is 2.83. The summed E-state index contributed by atoms with van der Waals surface area (Å²) in [7, 11) is 0. The van der Waals surface area contributed by atoms with E-state index in [4.69, 9.17) is 10.5 Å². The van der Waals surface area contributed by atoms with Gasteiger partial charge in [-0.2, -0.15) is 0 Å². The monoisotopic (exact) mass is 347 g/mol. The summed E-state index contributed by atoms with van der Waals surface area (Å²) < 4.78 is 5.46. The predicted octanol–water partition coefficient (Wildman–Crippen LogP) is 1.30. The molecule has 2 N–H and O–H groups in total. The number of pyridine rings is 1. The zero-order chi connectivity index (χ0) is 18.6. The number of rotatable bonds is 5. The van der Waals surface area contributed by atoms with Crippen LogP contribution in [-0.4, -0.2) is 46.9 Å². The van der Waals surface area contributed by atoms with E-state index in [-0.39, 0.29) is 24.3 Å². The van der Waals surface area contributed by atoms with Crippen LogP contribution in [0.25, 0.3) is 0 Å². The van der Waals surface area contributed by atoms with Gasteiger partial charge in [0.15, 0.2) is 6.10 Å². The smallest absolute Gasteiger partial charge is 0.340 e. The maximum atomic E-state index is 12.8. The van der Waals surface area contributed by atoms with Crippen molar-refractivity contribution in [2.24, 2.45) is 17.6 Å². The Labute approximate surface area is 147 Å². The highest BCUT2D eigenvalue weighted by atomic mass is 16.5. The highest BCUT2D eigenvalue weighted by Crippen LogP contribution is 2.20. The lowest BCUT2D eigenvalue weighted by Crippen LogP contribution is -2.50. The molecule has 0 spiro atoms. The topological polar surface area (TPSA) is 103 Å². The standard InChI is InChI=1S/C18H25N3O4/c1-11(2)15(25-18(24)13-7-6-12(3)20-9-13)17(23)21-8-4-5-14(10-21)16(19)22/h6-7,9,11,14-15H,4-5,8,10H2,1-3H3,(H2,19,22). The summed E-state index contributed by atoms with van der Waals surface area (Å²) in [5.41, 5.74) is 6.46. The fraction of sp³-hybridized carbons (Fsp3) is 0.556. The van der Waals surface area contributed by atoms with Crippen LogP contribution in [0.1, 0.15) is 42.7 Å². The van der Waals surface area contributed by atoms with Gasteiger partial charge in [-0.05, 0) is 37.8 Å². The molecule has 1 aromatic heterocycles. The Hall–Kier alpha value is -2.44. The van der Waals surface area contributed by atoms with Crippen molar-refractivity contribution in [1.29, 1.82) is 0 Å². The van der Waals surface area contributed by atoms with Gasteiger partial charge in [0.2, 0.25) is 5.91 Å². The minimum atomic E-state index is -0.902. The number of nitrogens with zero attached hydrogens (tertiary/aromatic N) is 2. The number of aromatic nitrogens is 1. The van der Waals surface area contributed by atoms with E-state index >= 15 is 0 Å². The highest BCUT2D eigenvalue weighted by Gasteiger charge is 2.34. The SMILES string of the molecule is Cc1ccc(C(=O)OC(C(=O)N2CCCC(C(N)=O)C2)C(C)C)cn1. The van der Waals surface area contributed by atoms with Crippen molar-refractivity contribution in [1.82, 2.24) is 9.88 Å². The van der Waals surface area contributed by atoms with E-state index in [1.54, 1.807) is 17.0 Å². The van der Waals surface area contributed by atoms with Crippen LogP contribution in [-0.2, 0) is 14.3 Å². The van der Waals surface area contributed by atoms with Crippen molar-refractivity contribution >= 4 is 17.8 Å². The molecule has 1 aliphatic rings. The molecule has 7 heteroatoms. The van der Waals surface area contributed by atoms with Crippen LogP contribution in [0.3, 0.4) is 0 Å². The molecule has 0 radical (unpaired) electrons. The second-order valence-corrected chi connectivity index (χ2v) is 6.78. The number of ether oxygens (including phenoxy) is 1. The molecule has 0 aliphatic carbocycles. The molecule has 1 saturated heterocycles. The van der Waals surface area contributed by atoms with Gasteiger partial charge in [-0.25, -0.2) is 4.79 Å². The molecule has 0 bridgehead atoms. The van der Waals surface area contributed by atoms with Gasteiger partial charge in [0.05, 0.1) is 11.5 Å². The molecule has 1 aromatic rings. The third-order valence-electron chi connectivity index (χ3n) is 4.37. The van der Waals surface area contributed by atoms with Crippen molar-refractivity contribution in [2.45, 2.75) is 39.7 Å². The number of carbonyl (C=O) groups excluding carboxylic acids is 3. The van der Waals surface area contributed by atoms with Gasteiger partial charge in [-0.1, -0.05) is 13.8 Å². The lowest BCUT2D eigenvalue weighted by Gasteiger charge is -2.34. The van der Waals surface area contributed by atoms with Gasteiger partial charge in [-0.15, -0.1) is 0 Å². The second-order valence-electron chi connectivity index (χ2n) is 6.78. The summed E-state index contributed by atoms with van der Waals surface area (Å²) in [5, 5.41) is 0. The number of likely N-dealkylation sites (tertiary alicyclic amines) is 1. The average molecular weight is 347 g/mol. The molecule has 136 valence electrons. The Kier molecular flexibility index (Phi) is 6.12. The molecule has 1 fully saturated rings. The van der Waals surface area contributed by atoms with E-state index in [2.05, 4.69) is 4.98 Å². The molecule has 7 nitrogen and oxygen atoms in total. The van der Waals surface area contributed by atoms with Crippen LogP contribution in [0, 0.1) is 18.8 Å². The van der Waals surface area contributed by atoms with Crippen molar-refractivity contribution in [2.75, 3.05) is 13.1 Å². The zero-order valence-electron chi connectivity index (χ0n) is 14.9. The number of carbonyl (C=O) groups is 3. The Balaban J connectivity index is 2.08. The number of primary amides is 1. The Morgan fingerprint density at radius 3 is 2.60 bits per heavy atom. The summed E-state index contributed by atoms with van der Waals surface area (Å²) in [6, 6.07) is 3.33. The largest absolute Gasteiger partial charge is 0.448 e. The molecule has 0 aromatic carbocycles. The third-order valence-corrected chi connectivity index (χ3v) is 4.37. The van der Waals surface area contributed by atoms with E-state index in [1.807, 2.05) is 20.8 Å². The predicted molar refractivity (Wildman–Crippen MR) is 91.5 cm³/mol. The van der Waals surface area contributed by atoms with Crippen molar-refractivity contribution < 1.29 is 19.1 Å². The summed E-state index contributed by atoms with van der Waals surface area (Å²) in [6.07, 6.45) is 1.92. The second kappa shape index (κ2) is 8.09. The first-order valence-electron chi connectivity index (χ1n) is 8.51. The number of hydrogen-bond acceptors (Lipinski definition) is 5. The maximum absolute atomic E-state index is 12.8. The molecule has 25 heavy (non-hydrogen) atoms. The minimum absolute atomic E-state index is 0.191. The summed E-state index contributed by atoms with van der Waals surface area (Å²) in [5.74, 6) is -1.80. The van der Waals surface area contributed by atoms with Gasteiger partial charge in [0, 0.05) is 25.0 Å². The number of aryl methyl sites for hydroxylation is 1. The van der Waals surface area contributed by atoms with E-state index in [0.29, 0.717) is 24.9 Å². The number of nitrogens with two attached hydrogens (primary N) is 1. The lowest BCUT2D eigenvalue weighted by atomic mass is 9.96. The first kappa shape index (κ1) is 18.9. The van der Waals surface area contributed by atoms with E-state index in [1.165, 1.54) is 6.20 Å². The minimum Gasteiger partial charge on any atom is -0.448 e. The third kappa shape index (κ3) is 4.78. The number of piperidine rings is 1. The van der Waals surface area contributed by atoms with Crippen LogP contribution < -0.4 is 5.73 Å². The van der Waals surface area contributed by atoms with Gasteiger partial charge < -0.3 is 15.4 Å². The van der Waals surface area contributed by atoms with Crippen molar-refractivity contribution in [3.05, 3.63) is 29.6 Å². The lowest BCUT2D eigenvalue weighted by molar-refractivity contribution is -0.145. The molecule has 2 atom stereocenters. The molecule has 2 heterocycles. The van der Waals surface area contributed by atoms with Gasteiger partial charge in [0.1, 0.15) is 0 Å². The fourth-order valence-electron chi connectivity index (χ4n) is 2.83. The molecular formula is C18H25N3O4. The van der Waals surface area contributed by atoms with E-state index < -0.39 is 18.0 Å². The highest BCUT2D eigenvalue weighted by molar-refractivity contribution is 5.92. The van der Waals surface area contributed by atoms with E-state index in [9.17, 15) is 14.4 Å². The average Bonchev–Trinajstić information content (AvgIpc) is 2.59. The Bertz CT molecular complexity index is 642. The van der Waals surface area contributed by atoms with E-state index in [0.717, 1.165) is 5.69 Å². The van der Waals surface area contributed by atoms with Gasteiger partial charge in [0.25, 0.3) is 5.91 Å². The Morgan fingerprint density at radius 1 is 1.32 bits per heavy atom. The first-order valence-corrected chi connectivity index (χ1v) is 8.51. The molecule has 0 saturated carbocycles. The van der Waals surface area contributed by atoms with Gasteiger partial charge in [-0.3, -0.25) is 14.6 Å². The summed E-state index contributed by atoms with van der Waals surface area (Å²) >= 11 is 0. The zero-order valence-corrected chi connectivity index (χ0v) is 14.9. The van der Waals surface area contributed by atoms with Gasteiger partial charge >= 0.3 is 5.97 Å². The van der Waals surface area contributed by atoms with Crippen LogP contribution in [0.5, 0.6) is 0 Å². The number of esters is 1. The maximum Gasteiger partial charge on any atom is 0.340 e. The molecule has 2 unspecified atom stereocenters. The molecular weight excluding hydrogens is 322 g/mol. The van der Waals surface area contributed by atoms with Crippen molar-refractivity contribution in [3.8, 4) is 0 Å². The first-order chi connectivity index (χ1) is 11.8. The van der Waals surface area contributed by atoms with Crippen LogP contribution >= 0.6 is 0 Å². The molecule has 1 aliphatic heterocycles. The normalized spacial score (nSPS) is 18.7. The summed E-state index contributed by atoms with van der Waals surface area (Å²) in [4.78, 5) is 42.2. The van der Waals surface area contributed by atoms with Crippen molar-refractivity contribution in [3.63, 3.8) is 0 Å².